The third-order valence-electron chi connectivity index (χ3n) is 2.96. The lowest BCUT2D eigenvalue weighted by molar-refractivity contribution is 0.0589. The summed E-state index contributed by atoms with van der Waals surface area (Å²) in [5.41, 5.74) is 1.83. The minimum Gasteiger partial charge on any atom is -0.464 e. The molecule has 1 aromatic heterocycles. The van der Waals surface area contributed by atoms with Gasteiger partial charge in [-0.1, -0.05) is 13.8 Å². The van der Waals surface area contributed by atoms with Crippen LogP contribution in [0.2, 0.25) is 0 Å². The van der Waals surface area contributed by atoms with E-state index in [1.54, 1.807) is 0 Å². The molecule has 0 aliphatic rings. The molecule has 0 bridgehead atoms. The lowest BCUT2D eigenvalue weighted by Crippen LogP contribution is -2.11. The molecule has 1 rings (SSSR count). The summed E-state index contributed by atoms with van der Waals surface area (Å²) in [7, 11) is 3.33. The van der Waals surface area contributed by atoms with Crippen molar-refractivity contribution in [1.29, 1.82) is 0 Å². The normalized spacial score (nSPS) is 10.7. The summed E-state index contributed by atoms with van der Waals surface area (Å²) in [6, 6.07) is 3.85. The Morgan fingerprint density at radius 2 is 2.00 bits per heavy atom. The first-order valence-electron chi connectivity index (χ1n) is 5.39. The van der Waals surface area contributed by atoms with Crippen LogP contribution in [0.25, 0.3) is 0 Å². The number of nitrogens with zero attached hydrogens (tertiary/aromatic N) is 1. The zero-order valence-electron chi connectivity index (χ0n) is 9.91. The lowest BCUT2D eigenvalue weighted by Gasteiger charge is -2.14. The molecule has 0 atom stereocenters. The molecule has 0 spiro atoms. The van der Waals surface area contributed by atoms with Gasteiger partial charge in [0.15, 0.2) is 0 Å². The zero-order chi connectivity index (χ0) is 11.4. The van der Waals surface area contributed by atoms with Crippen LogP contribution in [-0.4, -0.2) is 17.6 Å². The number of hydrogen-bond donors (Lipinski definition) is 0. The van der Waals surface area contributed by atoms with Crippen LogP contribution in [0.3, 0.4) is 0 Å². The van der Waals surface area contributed by atoms with Crippen LogP contribution < -0.4 is 0 Å². The second-order valence-electron chi connectivity index (χ2n) is 3.71. The zero-order valence-corrected chi connectivity index (χ0v) is 9.91. The fourth-order valence-corrected chi connectivity index (χ4v) is 1.95. The summed E-state index contributed by atoms with van der Waals surface area (Å²) >= 11 is 0. The Balaban J connectivity index is 3.02. The van der Waals surface area contributed by atoms with Crippen LogP contribution in [0.4, 0.5) is 0 Å². The molecule has 0 unspecified atom stereocenters. The van der Waals surface area contributed by atoms with E-state index in [-0.39, 0.29) is 5.97 Å². The van der Waals surface area contributed by atoms with Gasteiger partial charge in [0.05, 0.1) is 7.11 Å². The summed E-state index contributed by atoms with van der Waals surface area (Å²) in [4.78, 5) is 11.4. The monoisotopic (exact) mass is 209 g/mol. The Kier molecular flexibility index (Phi) is 3.95. The van der Waals surface area contributed by atoms with E-state index in [0.717, 1.165) is 12.8 Å². The highest BCUT2D eigenvalue weighted by atomic mass is 16.5. The maximum absolute atomic E-state index is 11.4. The highest BCUT2D eigenvalue weighted by molar-refractivity contribution is 5.87. The van der Waals surface area contributed by atoms with Gasteiger partial charge in [-0.15, -0.1) is 0 Å². The van der Waals surface area contributed by atoms with Crippen molar-refractivity contribution in [2.45, 2.75) is 32.6 Å². The summed E-state index contributed by atoms with van der Waals surface area (Å²) in [6.07, 6.45) is 2.18. The van der Waals surface area contributed by atoms with E-state index < -0.39 is 0 Å². The molecule has 0 fully saturated rings. The van der Waals surface area contributed by atoms with Crippen LogP contribution in [0.5, 0.6) is 0 Å². The average molecular weight is 209 g/mol. The second kappa shape index (κ2) is 5.01. The Labute approximate surface area is 91.0 Å². The standard InChI is InChI=1S/C12H19NO2/c1-5-9(6-2)10-7-8-11(13(10)3)12(14)15-4/h7-9H,5-6H2,1-4H3. The van der Waals surface area contributed by atoms with Gasteiger partial charge in [0, 0.05) is 12.7 Å². The smallest absolute Gasteiger partial charge is 0.354 e. The summed E-state index contributed by atoms with van der Waals surface area (Å²) in [5.74, 6) is 0.253. The molecule has 0 aliphatic heterocycles. The van der Waals surface area contributed by atoms with Crippen molar-refractivity contribution in [3.63, 3.8) is 0 Å². The largest absolute Gasteiger partial charge is 0.464 e. The van der Waals surface area contributed by atoms with E-state index in [0.29, 0.717) is 11.6 Å². The number of carbonyl (C=O) groups is 1. The lowest BCUT2D eigenvalue weighted by atomic mass is 10.00. The Bertz CT molecular complexity index is 337. The Morgan fingerprint density at radius 3 is 2.47 bits per heavy atom. The summed E-state index contributed by atoms with van der Waals surface area (Å²) < 4.78 is 6.65. The van der Waals surface area contributed by atoms with Crippen LogP contribution >= 0.6 is 0 Å². The molecule has 0 radical (unpaired) electrons. The van der Waals surface area contributed by atoms with Gasteiger partial charge in [0.1, 0.15) is 5.69 Å². The first kappa shape index (κ1) is 11.8. The highest BCUT2D eigenvalue weighted by Gasteiger charge is 2.16. The van der Waals surface area contributed by atoms with Gasteiger partial charge in [-0.25, -0.2) is 4.79 Å². The van der Waals surface area contributed by atoms with Crippen molar-refractivity contribution in [2.24, 2.45) is 7.05 Å². The van der Waals surface area contributed by atoms with Crippen LogP contribution in [-0.2, 0) is 11.8 Å². The highest BCUT2D eigenvalue weighted by Crippen LogP contribution is 2.24. The molecule has 0 aromatic carbocycles. The molecular formula is C12H19NO2. The molecule has 3 nitrogen and oxygen atoms in total. The van der Waals surface area contributed by atoms with Crippen molar-refractivity contribution in [3.8, 4) is 0 Å². The number of ether oxygens (including phenoxy) is 1. The third kappa shape index (κ3) is 2.22. The maximum atomic E-state index is 11.4. The maximum Gasteiger partial charge on any atom is 0.354 e. The van der Waals surface area contributed by atoms with Crippen molar-refractivity contribution < 1.29 is 9.53 Å². The minimum atomic E-state index is -0.269. The predicted molar refractivity (Wildman–Crippen MR) is 60.1 cm³/mol. The summed E-state index contributed by atoms with van der Waals surface area (Å²) in [6.45, 7) is 4.33. The van der Waals surface area contributed by atoms with Gasteiger partial charge in [0.2, 0.25) is 0 Å². The van der Waals surface area contributed by atoms with E-state index in [9.17, 15) is 4.79 Å². The van der Waals surface area contributed by atoms with E-state index in [1.165, 1.54) is 12.8 Å². The SMILES string of the molecule is CCC(CC)c1ccc(C(=O)OC)n1C. The van der Waals surface area contributed by atoms with Crippen molar-refractivity contribution in [1.82, 2.24) is 4.57 Å². The quantitative estimate of drug-likeness (QED) is 0.714. The van der Waals surface area contributed by atoms with Crippen molar-refractivity contribution >= 4 is 5.97 Å². The number of methoxy groups -OCH3 is 1. The first-order valence-corrected chi connectivity index (χ1v) is 5.39. The number of carbonyl (C=O) groups excluding carboxylic acids is 1. The number of hydrogen-bond acceptors (Lipinski definition) is 2. The van der Waals surface area contributed by atoms with Gasteiger partial charge in [-0.3, -0.25) is 0 Å². The number of esters is 1. The molecule has 3 heteroatoms. The molecule has 84 valence electrons. The molecule has 1 heterocycles. The molecule has 1 aromatic rings. The Hall–Kier alpha value is -1.25. The van der Waals surface area contributed by atoms with Gasteiger partial charge < -0.3 is 9.30 Å². The van der Waals surface area contributed by atoms with Crippen LogP contribution in [0, 0.1) is 0 Å². The minimum absolute atomic E-state index is 0.269. The molecule has 0 saturated carbocycles. The third-order valence-corrected chi connectivity index (χ3v) is 2.96. The molecule has 0 saturated heterocycles. The van der Waals surface area contributed by atoms with Crippen LogP contribution in [0.1, 0.15) is 48.8 Å². The molecule has 0 aliphatic carbocycles. The summed E-state index contributed by atoms with van der Waals surface area (Å²) in [5, 5.41) is 0. The predicted octanol–water partition coefficient (Wildman–Crippen LogP) is 2.72. The van der Waals surface area contributed by atoms with E-state index in [4.69, 9.17) is 4.74 Å². The van der Waals surface area contributed by atoms with Crippen molar-refractivity contribution in [3.05, 3.63) is 23.5 Å². The van der Waals surface area contributed by atoms with E-state index in [2.05, 4.69) is 13.8 Å². The van der Waals surface area contributed by atoms with E-state index in [1.807, 2.05) is 23.7 Å². The van der Waals surface area contributed by atoms with Crippen LogP contribution in [0.15, 0.2) is 12.1 Å². The Morgan fingerprint density at radius 1 is 1.40 bits per heavy atom. The fourth-order valence-electron chi connectivity index (χ4n) is 1.95. The second-order valence-corrected chi connectivity index (χ2v) is 3.71. The van der Waals surface area contributed by atoms with Crippen molar-refractivity contribution in [2.75, 3.05) is 7.11 Å². The van der Waals surface area contributed by atoms with Gasteiger partial charge in [0.25, 0.3) is 0 Å². The average Bonchev–Trinajstić information content (AvgIpc) is 2.62. The molecule has 0 amide bonds. The van der Waals surface area contributed by atoms with Gasteiger partial charge in [-0.05, 0) is 30.9 Å². The van der Waals surface area contributed by atoms with E-state index >= 15 is 0 Å². The van der Waals surface area contributed by atoms with Gasteiger partial charge >= 0.3 is 5.97 Å². The molecular weight excluding hydrogens is 190 g/mol. The fraction of sp³-hybridized carbons (Fsp3) is 0.583. The molecule has 0 N–H and O–H groups in total. The number of rotatable bonds is 4. The number of aromatic nitrogens is 1. The topological polar surface area (TPSA) is 31.2 Å². The molecule has 15 heavy (non-hydrogen) atoms. The first-order chi connectivity index (χ1) is 7.15. The van der Waals surface area contributed by atoms with Gasteiger partial charge in [-0.2, -0.15) is 0 Å².